The van der Waals surface area contributed by atoms with Crippen molar-refractivity contribution in [2.45, 2.75) is 13.8 Å². The Hall–Kier alpha value is -2.16. The fourth-order valence-electron chi connectivity index (χ4n) is 2.01. The second kappa shape index (κ2) is 3.70. The van der Waals surface area contributed by atoms with E-state index in [4.69, 9.17) is 0 Å². The highest BCUT2D eigenvalue weighted by molar-refractivity contribution is 5.84. The van der Waals surface area contributed by atoms with Gasteiger partial charge in [-0.15, -0.1) is 0 Å². The Balaban J connectivity index is 2.22. The molecule has 2 heterocycles. The molecule has 0 amide bonds. The van der Waals surface area contributed by atoms with E-state index >= 15 is 0 Å². The number of nitrogens with zero attached hydrogens (tertiary/aromatic N) is 2. The number of rotatable bonds is 1. The lowest BCUT2D eigenvalue weighted by atomic mass is 10.1. The zero-order valence-corrected chi connectivity index (χ0v) is 9.86. The number of aromatic nitrogens is 3. The Morgan fingerprint density at radius 2 is 2.00 bits per heavy atom. The lowest BCUT2D eigenvalue weighted by molar-refractivity contribution is 1.07. The molecule has 0 aliphatic heterocycles. The molecule has 2 aromatic heterocycles. The molecule has 0 aliphatic rings. The molecule has 0 unspecified atom stereocenters. The Labute approximate surface area is 99.5 Å². The zero-order chi connectivity index (χ0) is 11.8. The number of hydrogen-bond donors (Lipinski definition) is 1. The molecule has 0 atom stereocenters. The van der Waals surface area contributed by atoms with Crippen molar-refractivity contribution < 1.29 is 0 Å². The van der Waals surface area contributed by atoms with Gasteiger partial charge in [-0.3, -0.25) is 4.98 Å². The number of H-pyrrole nitrogens is 1. The van der Waals surface area contributed by atoms with Gasteiger partial charge < -0.3 is 4.98 Å². The Bertz CT molecular complexity index is 683. The molecular formula is C14H13N3. The average Bonchev–Trinajstić information content (AvgIpc) is 2.79. The van der Waals surface area contributed by atoms with Crippen molar-refractivity contribution in [2.75, 3.05) is 0 Å². The summed E-state index contributed by atoms with van der Waals surface area (Å²) in [5, 5.41) is 1.20. The van der Waals surface area contributed by atoms with Crippen molar-refractivity contribution in [3.63, 3.8) is 0 Å². The Morgan fingerprint density at radius 1 is 1.12 bits per heavy atom. The standard InChI is InChI=1S/C14H13N3/c1-9-8-16-10(2)14(17-9)12-3-4-13-11(7-12)5-6-15-13/h3-8,15H,1-2H3. The maximum absolute atomic E-state index is 4.56. The van der Waals surface area contributed by atoms with Crippen LogP contribution in [0.3, 0.4) is 0 Å². The van der Waals surface area contributed by atoms with Gasteiger partial charge in [0.05, 0.1) is 17.1 Å². The third-order valence-electron chi connectivity index (χ3n) is 2.90. The minimum absolute atomic E-state index is 0.944. The zero-order valence-electron chi connectivity index (χ0n) is 9.86. The first-order valence-corrected chi connectivity index (χ1v) is 5.62. The molecular weight excluding hydrogens is 210 g/mol. The van der Waals surface area contributed by atoms with E-state index in [9.17, 15) is 0 Å². The summed E-state index contributed by atoms with van der Waals surface area (Å²) in [6.45, 7) is 3.95. The number of benzene rings is 1. The molecule has 1 aromatic carbocycles. The largest absolute Gasteiger partial charge is 0.361 e. The van der Waals surface area contributed by atoms with Crippen LogP contribution >= 0.6 is 0 Å². The van der Waals surface area contributed by atoms with Crippen LogP contribution in [0.2, 0.25) is 0 Å². The number of hydrogen-bond acceptors (Lipinski definition) is 2. The topological polar surface area (TPSA) is 41.6 Å². The van der Waals surface area contributed by atoms with Gasteiger partial charge in [0.1, 0.15) is 0 Å². The summed E-state index contributed by atoms with van der Waals surface area (Å²) in [6, 6.07) is 8.36. The molecule has 17 heavy (non-hydrogen) atoms. The van der Waals surface area contributed by atoms with Crippen LogP contribution in [0.1, 0.15) is 11.4 Å². The molecule has 1 N–H and O–H groups in total. The van der Waals surface area contributed by atoms with Crippen LogP contribution in [-0.2, 0) is 0 Å². The first-order valence-electron chi connectivity index (χ1n) is 5.62. The van der Waals surface area contributed by atoms with Crippen molar-refractivity contribution in [1.82, 2.24) is 15.0 Å². The summed E-state index contributed by atoms with van der Waals surface area (Å²) >= 11 is 0. The predicted molar refractivity (Wildman–Crippen MR) is 68.8 cm³/mol. The van der Waals surface area contributed by atoms with Gasteiger partial charge >= 0.3 is 0 Å². The molecule has 0 radical (unpaired) electrons. The molecule has 0 fully saturated rings. The molecule has 0 aliphatic carbocycles. The monoisotopic (exact) mass is 223 g/mol. The van der Waals surface area contributed by atoms with Gasteiger partial charge in [0.25, 0.3) is 0 Å². The van der Waals surface area contributed by atoms with Gasteiger partial charge in [-0.05, 0) is 32.0 Å². The maximum atomic E-state index is 4.56. The molecule has 3 rings (SSSR count). The van der Waals surface area contributed by atoms with Crippen molar-refractivity contribution in [3.8, 4) is 11.3 Å². The van der Waals surface area contributed by atoms with Crippen molar-refractivity contribution in [3.05, 3.63) is 48.0 Å². The van der Waals surface area contributed by atoms with E-state index in [-0.39, 0.29) is 0 Å². The van der Waals surface area contributed by atoms with Gasteiger partial charge in [-0.2, -0.15) is 0 Å². The molecule has 84 valence electrons. The van der Waals surface area contributed by atoms with E-state index in [1.54, 1.807) is 6.20 Å². The second-order valence-electron chi connectivity index (χ2n) is 4.23. The highest BCUT2D eigenvalue weighted by Crippen LogP contribution is 2.24. The molecule has 0 spiro atoms. The van der Waals surface area contributed by atoms with Gasteiger partial charge in [0.15, 0.2) is 0 Å². The maximum Gasteiger partial charge on any atom is 0.0917 e. The van der Waals surface area contributed by atoms with Gasteiger partial charge in [-0.1, -0.05) is 6.07 Å². The van der Waals surface area contributed by atoms with Gasteiger partial charge in [0, 0.05) is 28.9 Å². The summed E-state index contributed by atoms with van der Waals surface area (Å²) in [7, 11) is 0. The molecule has 0 saturated heterocycles. The third kappa shape index (κ3) is 1.69. The van der Waals surface area contributed by atoms with Crippen molar-refractivity contribution >= 4 is 10.9 Å². The van der Waals surface area contributed by atoms with Crippen LogP contribution in [0, 0.1) is 13.8 Å². The first-order chi connectivity index (χ1) is 8.24. The van der Waals surface area contributed by atoms with Crippen LogP contribution in [-0.4, -0.2) is 15.0 Å². The minimum atomic E-state index is 0.944. The van der Waals surface area contributed by atoms with Crippen LogP contribution in [0.5, 0.6) is 0 Å². The quantitative estimate of drug-likeness (QED) is 0.688. The van der Waals surface area contributed by atoms with Gasteiger partial charge in [-0.25, -0.2) is 4.98 Å². The lowest BCUT2D eigenvalue weighted by Gasteiger charge is -2.05. The highest BCUT2D eigenvalue weighted by Gasteiger charge is 2.06. The summed E-state index contributed by atoms with van der Waals surface area (Å²) in [6.07, 6.45) is 3.75. The smallest absolute Gasteiger partial charge is 0.0917 e. The van der Waals surface area contributed by atoms with E-state index < -0.39 is 0 Å². The first kappa shape index (κ1) is 10.0. The lowest BCUT2D eigenvalue weighted by Crippen LogP contribution is -1.94. The fraction of sp³-hybridized carbons (Fsp3) is 0.143. The number of fused-ring (bicyclic) bond motifs is 1. The van der Waals surface area contributed by atoms with Crippen LogP contribution < -0.4 is 0 Å². The van der Waals surface area contributed by atoms with Crippen molar-refractivity contribution in [2.24, 2.45) is 0 Å². The van der Waals surface area contributed by atoms with Gasteiger partial charge in [0.2, 0.25) is 0 Å². The van der Waals surface area contributed by atoms with E-state index in [1.165, 1.54) is 5.39 Å². The predicted octanol–water partition coefficient (Wildman–Crippen LogP) is 3.24. The normalized spacial score (nSPS) is 10.9. The van der Waals surface area contributed by atoms with E-state index in [1.807, 2.05) is 20.0 Å². The molecule has 3 heteroatoms. The van der Waals surface area contributed by atoms with Crippen molar-refractivity contribution in [1.29, 1.82) is 0 Å². The number of nitrogens with one attached hydrogen (secondary N) is 1. The fourth-order valence-corrected chi connectivity index (χ4v) is 2.01. The second-order valence-corrected chi connectivity index (χ2v) is 4.23. The SMILES string of the molecule is Cc1cnc(C)c(-c2ccc3[nH]ccc3c2)n1. The van der Waals surface area contributed by atoms with E-state index in [0.717, 1.165) is 28.2 Å². The minimum Gasteiger partial charge on any atom is -0.361 e. The van der Waals surface area contributed by atoms with Crippen LogP contribution in [0.25, 0.3) is 22.2 Å². The Kier molecular flexibility index (Phi) is 2.18. The number of aryl methyl sites for hydroxylation is 2. The van der Waals surface area contributed by atoms with E-state index in [2.05, 4.69) is 39.2 Å². The molecule has 3 aromatic rings. The molecule has 0 saturated carbocycles. The number of aromatic amines is 1. The van der Waals surface area contributed by atoms with Crippen LogP contribution in [0.4, 0.5) is 0 Å². The summed E-state index contributed by atoms with van der Waals surface area (Å²) in [5.74, 6) is 0. The Morgan fingerprint density at radius 3 is 2.88 bits per heavy atom. The summed E-state index contributed by atoms with van der Waals surface area (Å²) in [5.41, 5.74) is 5.14. The molecule has 3 nitrogen and oxygen atoms in total. The molecule has 0 bridgehead atoms. The summed E-state index contributed by atoms with van der Waals surface area (Å²) in [4.78, 5) is 12.1. The summed E-state index contributed by atoms with van der Waals surface area (Å²) < 4.78 is 0. The third-order valence-corrected chi connectivity index (χ3v) is 2.90. The average molecular weight is 223 g/mol. The van der Waals surface area contributed by atoms with E-state index in [0.29, 0.717) is 0 Å². The van der Waals surface area contributed by atoms with Crippen LogP contribution in [0.15, 0.2) is 36.7 Å². The highest BCUT2D eigenvalue weighted by atomic mass is 14.8.